The smallest absolute Gasteiger partial charge is 0.315 e. The van der Waals surface area contributed by atoms with Crippen molar-refractivity contribution in [2.75, 3.05) is 6.61 Å². The summed E-state index contributed by atoms with van der Waals surface area (Å²) < 4.78 is 19.2. The number of ether oxygens (including phenoxy) is 1. The minimum Gasteiger partial charge on any atom is -0.378 e. The van der Waals surface area contributed by atoms with Gasteiger partial charge in [0.25, 0.3) is 0 Å². The fourth-order valence-electron chi connectivity index (χ4n) is 2.61. The van der Waals surface area contributed by atoms with Crippen LogP contribution >= 0.6 is 0 Å². The molecule has 23 heavy (non-hydrogen) atoms. The third-order valence-corrected chi connectivity index (χ3v) is 3.94. The summed E-state index contributed by atoms with van der Waals surface area (Å²) in [6, 6.07) is 5.72. The number of carbonyl (C=O) groups excluding carboxylic acids is 1. The van der Waals surface area contributed by atoms with Crippen LogP contribution in [0, 0.1) is 17.1 Å². The van der Waals surface area contributed by atoms with Crippen LogP contribution in [0.15, 0.2) is 18.2 Å². The second-order valence-corrected chi connectivity index (χ2v) is 5.86. The number of nitriles is 1. The molecule has 1 heterocycles. The first-order valence-corrected chi connectivity index (χ1v) is 7.93. The molecule has 1 aliphatic rings. The lowest BCUT2D eigenvalue weighted by atomic mass is 10.1. The normalized spacial score (nSPS) is 18.2. The van der Waals surface area contributed by atoms with Gasteiger partial charge in [-0.05, 0) is 50.8 Å². The number of halogens is 1. The van der Waals surface area contributed by atoms with E-state index in [9.17, 15) is 9.18 Å². The summed E-state index contributed by atoms with van der Waals surface area (Å²) >= 11 is 0. The summed E-state index contributed by atoms with van der Waals surface area (Å²) in [6.07, 6.45) is 4.29. The highest BCUT2D eigenvalue weighted by molar-refractivity contribution is 5.74. The van der Waals surface area contributed by atoms with Crippen LogP contribution in [0.4, 0.5) is 9.18 Å². The number of hydrogen-bond donors (Lipinski definition) is 2. The lowest BCUT2D eigenvalue weighted by molar-refractivity contribution is 0.100. The molecule has 0 bridgehead atoms. The molecule has 0 spiro atoms. The standard InChI is InChI=1S/C17H22FN3O2/c1-12(4-6-15-3-2-8-23-15)21-17(22)20-11-14-9-13(10-19)5-7-16(14)18/h5,7,9,12,15H,2-4,6,8,11H2,1H3,(H2,20,21,22)/t12-,15+/m0/s1. The third-order valence-electron chi connectivity index (χ3n) is 3.94. The Morgan fingerprint density at radius 2 is 2.39 bits per heavy atom. The first-order chi connectivity index (χ1) is 11.1. The largest absolute Gasteiger partial charge is 0.378 e. The Kier molecular flexibility index (Phi) is 6.36. The van der Waals surface area contributed by atoms with Crippen molar-refractivity contribution in [2.24, 2.45) is 0 Å². The number of benzene rings is 1. The maximum Gasteiger partial charge on any atom is 0.315 e. The molecular formula is C17H22FN3O2. The number of nitrogens with one attached hydrogen (secondary N) is 2. The second kappa shape index (κ2) is 8.49. The van der Waals surface area contributed by atoms with Crippen LogP contribution in [0.5, 0.6) is 0 Å². The van der Waals surface area contributed by atoms with E-state index in [0.29, 0.717) is 17.2 Å². The Balaban J connectivity index is 1.73. The molecule has 0 saturated carbocycles. The highest BCUT2D eigenvalue weighted by atomic mass is 19.1. The Bertz CT molecular complexity index is 580. The van der Waals surface area contributed by atoms with Crippen LogP contribution in [0.3, 0.4) is 0 Å². The summed E-state index contributed by atoms with van der Waals surface area (Å²) in [6.45, 7) is 2.82. The van der Waals surface area contributed by atoms with Gasteiger partial charge in [0.1, 0.15) is 5.82 Å². The van der Waals surface area contributed by atoms with Crippen LogP contribution in [0.2, 0.25) is 0 Å². The molecule has 0 aromatic heterocycles. The van der Waals surface area contributed by atoms with E-state index in [4.69, 9.17) is 10.00 Å². The summed E-state index contributed by atoms with van der Waals surface area (Å²) in [7, 11) is 0. The topological polar surface area (TPSA) is 74.2 Å². The van der Waals surface area contributed by atoms with Gasteiger partial charge in [0.15, 0.2) is 0 Å². The van der Waals surface area contributed by atoms with Crippen molar-refractivity contribution in [3.63, 3.8) is 0 Å². The van der Waals surface area contributed by atoms with Gasteiger partial charge in [-0.15, -0.1) is 0 Å². The van der Waals surface area contributed by atoms with E-state index in [1.807, 2.05) is 13.0 Å². The number of nitrogens with zero attached hydrogens (tertiary/aromatic N) is 1. The molecule has 1 aromatic rings. The van der Waals surface area contributed by atoms with Gasteiger partial charge in [0.05, 0.1) is 17.7 Å². The number of urea groups is 1. The molecule has 1 aromatic carbocycles. The van der Waals surface area contributed by atoms with E-state index in [1.54, 1.807) is 0 Å². The van der Waals surface area contributed by atoms with Crippen molar-refractivity contribution in [3.8, 4) is 6.07 Å². The molecule has 2 N–H and O–H groups in total. The monoisotopic (exact) mass is 319 g/mol. The molecule has 1 saturated heterocycles. The molecule has 1 fully saturated rings. The minimum absolute atomic E-state index is 0.0227. The SMILES string of the molecule is C[C@@H](CC[C@H]1CCCO1)NC(=O)NCc1cc(C#N)ccc1F. The molecule has 0 radical (unpaired) electrons. The maximum absolute atomic E-state index is 13.6. The number of hydrogen-bond acceptors (Lipinski definition) is 3. The zero-order chi connectivity index (χ0) is 16.7. The van der Waals surface area contributed by atoms with E-state index < -0.39 is 5.82 Å². The van der Waals surface area contributed by atoms with Gasteiger partial charge >= 0.3 is 6.03 Å². The third kappa shape index (κ3) is 5.53. The van der Waals surface area contributed by atoms with Crippen LogP contribution in [0.1, 0.15) is 43.7 Å². The van der Waals surface area contributed by atoms with Crippen LogP contribution in [-0.2, 0) is 11.3 Å². The summed E-state index contributed by atoms with van der Waals surface area (Å²) in [5.74, 6) is -0.435. The molecule has 5 nitrogen and oxygen atoms in total. The van der Waals surface area contributed by atoms with Crippen molar-refractivity contribution in [2.45, 2.75) is 51.3 Å². The Hall–Kier alpha value is -2.13. The lowest BCUT2D eigenvalue weighted by Crippen LogP contribution is -2.40. The zero-order valence-electron chi connectivity index (χ0n) is 13.3. The second-order valence-electron chi connectivity index (χ2n) is 5.86. The average molecular weight is 319 g/mol. The van der Waals surface area contributed by atoms with Gasteiger partial charge < -0.3 is 15.4 Å². The molecule has 124 valence electrons. The quantitative estimate of drug-likeness (QED) is 0.846. The maximum atomic E-state index is 13.6. The van der Waals surface area contributed by atoms with Gasteiger partial charge in [0.2, 0.25) is 0 Å². The van der Waals surface area contributed by atoms with Gasteiger partial charge in [-0.3, -0.25) is 0 Å². The van der Waals surface area contributed by atoms with Gasteiger partial charge in [-0.25, -0.2) is 9.18 Å². The fraction of sp³-hybridized carbons (Fsp3) is 0.529. The van der Waals surface area contributed by atoms with Crippen molar-refractivity contribution in [1.29, 1.82) is 5.26 Å². The molecule has 2 atom stereocenters. The molecular weight excluding hydrogens is 297 g/mol. The molecule has 0 unspecified atom stereocenters. The van der Waals surface area contributed by atoms with Crippen molar-refractivity contribution < 1.29 is 13.9 Å². The van der Waals surface area contributed by atoms with Gasteiger partial charge in [-0.1, -0.05) is 0 Å². The van der Waals surface area contributed by atoms with E-state index in [2.05, 4.69) is 10.6 Å². The Morgan fingerprint density at radius 1 is 1.57 bits per heavy atom. The summed E-state index contributed by atoms with van der Waals surface area (Å²) in [4.78, 5) is 11.8. The zero-order valence-corrected chi connectivity index (χ0v) is 13.3. The van der Waals surface area contributed by atoms with Gasteiger partial charge in [-0.2, -0.15) is 5.26 Å². The van der Waals surface area contributed by atoms with E-state index in [0.717, 1.165) is 32.3 Å². The van der Waals surface area contributed by atoms with Crippen molar-refractivity contribution in [1.82, 2.24) is 10.6 Å². The summed E-state index contributed by atoms with van der Waals surface area (Å²) in [5.41, 5.74) is 0.666. The molecule has 2 rings (SSSR count). The van der Waals surface area contributed by atoms with Crippen molar-refractivity contribution >= 4 is 6.03 Å². The number of rotatable bonds is 6. The highest BCUT2D eigenvalue weighted by Gasteiger charge is 2.17. The van der Waals surface area contributed by atoms with Gasteiger partial charge in [0, 0.05) is 24.8 Å². The predicted octanol–water partition coefficient (Wildman–Crippen LogP) is 2.84. The first kappa shape index (κ1) is 17.2. The number of amides is 2. The first-order valence-electron chi connectivity index (χ1n) is 7.93. The Labute approximate surface area is 135 Å². The minimum atomic E-state index is -0.435. The van der Waals surface area contributed by atoms with Crippen LogP contribution < -0.4 is 10.6 Å². The van der Waals surface area contributed by atoms with E-state index in [-0.39, 0.29) is 18.6 Å². The highest BCUT2D eigenvalue weighted by Crippen LogP contribution is 2.17. The fourth-order valence-corrected chi connectivity index (χ4v) is 2.61. The number of carbonyl (C=O) groups is 1. The molecule has 2 amide bonds. The lowest BCUT2D eigenvalue weighted by Gasteiger charge is -2.17. The van der Waals surface area contributed by atoms with Crippen LogP contribution in [0.25, 0.3) is 0 Å². The summed E-state index contributed by atoms with van der Waals surface area (Å²) in [5, 5.41) is 14.3. The van der Waals surface area contributed by atoms with Crippen molar-refractivity contribution in [3.05, 3.63) is 35.1 Å². The predicted molar refractivity (Wildman–Crippen MR) is 84.2 cm³/mol. The Morgan fingerprint density at radius 3 is 3.09 bits per heavy atom. The molecule has 0 aliphatic carbocycles. The van der Waals surface area contributed by atoms with E-state index >= 15 is 0 Å². The molecule has 1 aliphatic heterocycles. The average Bonchev–Trinajstić information content (AvgIpc) is 3.05. The molecule has 6 heteroatoms. The van der Waals surface area contributed by atoms with Crippen LogP contribution in [-0.4, -0.2) is 24.8 Å². The van der Waals surface area contributed by atoms with E-state index in [1.165, 1.54) is 18.2 Å².